The van der Waals surface area contributed by atoms with Crippen LogP contribution in [0.1, 0.15) is 34.3 Å². The summed E-state index contributed by atoms with van der Waals surface area (Å²) in [5.41, 5.74) is 5.04. The van der Waals surface area contributed by atoms with Gasteiger partial charge in [0.25, 0.3) is 5.91 Å². The van der Waals surface area contributed by atoms with Crippen LogP contribution in [0.5, 0.6) is 0 Å². The van der Waals surface area contributed by atoms with Crippen LogP contribution in [0.3, 0.4) is 0 Å². The molecular weight excluding hydrogens is 452 g/mol. The van der Waals surface area contributed by atoms with Crippen molar-refractivity contribution in [2.45, 2.75) is 25.9 Å². The topological polar surface area (TPSA) is 75.5 Å². The molecule has 0 bridgehead atoms. The molecule has 3 amide bonds. The van der Waals surface area contributed by atoms with E-state index in [0.29, 0.717) is 12.1 Å². The number of likely N-dealkylation sites (tertiary alicyclic amines) is 1. The minimum Gasteiger partial charge on any atom is -0.337 e. The maximum Gasteiger partial charge on any atom is 0.253 e. The van der Waals surface area contributed by atoms with Gasteiger partial charge in [0.2, 0.25) is 11.8 Å². The fraction of sp³-hybridized carbons (Fsp3) is 0.172. The maximum absolute atomic E-state index is 13.2. The Morgan fingerprint density at radius 1 is 0.861 bits per heavy atom. The third kappa shape index (κ3) is 4.81. The number of nitrogens with zero attached hydrogens (tertiary/aromatic N) is 4. The molecule has 0 aliphatic carbocycles. The molecule has 0 N–H and O–H groups in total. The van der Waals surface area contributed by atoms with Crippen molar-refractivity contribution in [3.63, 3.8) is 0 Å². The number of carbonyl (C=O) groups excluding carboxylic acids is 3. The van der Waals surface area contributed by atoms with Crippen LogP contribution < -0.4 is 0 Å². The van der Waals surface area contributed by atoms with Gasteiger partial charge in [0.1, 0.15) is 0 Å². The van der Waals surface area contributed by atoms with Gasteiger partial charge in [-0.25, -0.2) is 4.68 Å². The highest BCUT2D eigenvalue weighted by Gasteiger charge is 2.28. The number of amides is 3. The lowest BCUT2D eigenvalue weighted by atomic mass is 10.1. The van der Waals surface area contributed by atoms with Crippen LogP contribution in [-0.2, 0) is 22.7 Å². The van der Waals surface area contributed by atoms with Crippen molar-refractivity contribution in [1.29, 1.82) is 0 Å². The molecule has 0 saturated carbocycles. The van der Waals surface area contributed by atoms with Gasteiger partial charge in [-0.3, -0.25) is 19.3 Å². The highest BCUT2D eigenvalue weighted by molar-refractivity contribution is 6.01. The van der Waals surface area contributed by atoms with Crippen molar-refractivity contribution in [2.24, 2.45) is 0 Å². The summed E-state index contributed by atoms with van der Waals surface area (Å²) in [7, 11) is 1.77. The van der Waals surface area contributed by atoms with Gasteiger partial charge in [0.15, 0.2) is 0 Å². The lowest BCUT2D eigenvalue weighted by Gasteiger charge is -2.18. The second-order valence-corrected chi connectivity index (χ2v) is 8.88. The largest absolute Gasteiger partial charge is 0.337 e. The van der Waals surface area contributed by atoms with Crippen LogP contribution in [0.25, 0.3) is 16.9 Å². The number of hydrogen-bond acceptors (Lipinski definition) is 4. The lowest BCUT2D eigenvalue weighted by Crippen LogP contribution is -2.28. The lowest BCUT2D eigenvalue weighted by molar-refractivity contribution is -0.139. The van der Waals surface area contributed by atoms with Gasteiger partial charge in [0, 0.05) is 49.3 Å². The van der Waals surface area contributed by atoms with Gasteiger partial charge in [-0.05, 0) is 29.8 Å². The molecule has 4 aromatic rings. The van der Waals surface area contributed by atoms with Gasteiger partial charge in [-0.2, -0.15) is 5.10 Å². The molecule has 3 aromatic carbocycles. The Hall–Kier alpha value is -4.52. The number of imide groups is 1. The summed E-state index contributed by atoms with van der Waals surface area (Å²) in [5.74, 6) is -0.420. The predicted octanol–water partition coefficient (Wildman–Crippen LogP) is 4.46. The standard InChI is InChI=1S/C29H26N4O3/c1-31(29(36)23-14-12-21(13-15-23)18-32-26(34)16-17-27(32)35)19-24-20-33(25-10-6-3-7-11-25)30-28(24)22-8-4-2-5-9-22/h2-15,20H,16-19H2,1H3. The van der Waals surface area contributed by atoms with Crippen molar-refractivity contribution in [3.8, 4) is 16.9 Å². The Morgan fingerprint density at radius 3 is 2.11 bits per heavy atom. The molecule has 180 valence electrons. The Labute approximate surface area is 209 Å². The number of aromatic nitrogens is 2. The van der Waals surface area contributed by atoms with Crippen molar-refractivity contribution in [1.82, 2.24) is 19.6 Å². The number of benzene rings is 3. The van der Waals surface area contributed by atoms with Gasteiger partial charge >= 0.3 is 0 Å². The average Bonchev–Trinajstić information content (AvgIpc) is 3.48. The van der Waals surface area contributed by atoms with E-state index in [9.17, 15) is 14.4 Å². The first-order chi connectivity index (χ1) is 17.5. The van der Waals surface area contributed by atoms with E-state index in [1.165, 1.54) is 4.90 Å². The summed E-state index contributed by atoms with van der Waals surface area (Å²) in [4.78, 5) is 39.9. The molecule has 1 fully saturated rings. The summed E-state index contributed by atoms with van der Waals surface area (Å²) in [6.45, 7) is 0.621. The van der Waals surface area contributed by atoms with E-state index in [-0.39, 0.29) is 37.1 Å². The highest BCUT2D eigenvalue weighted by Crippen LogP contribution is 2.25. The minimum atomic E-state index is -0.148. The van der Waals surface area contributed by atoms with Crippen LogP contribution in [0, 0.1) is 0 Å². The molecule has 1 aliphatic heterocycles. The molecule has 1 saturated heterocycles. The summed E-state index contributed by atoms with van der Waals surface area (Å²) in [5, 5.41) is 4.83. The summed E-state index contributed by atoms with van der Waals surface area (Å²) in [6.07, 6.45) is 2.51. The van der Waals surface area contributed by atoms with E-state index in [1.54, 1.807) is 36.2 Å². The molecule has 0 radical (unpaired) electrons. The van der Waals surface area contributed by atoms with E-state index < -0.39 is 0 Å². The smallest absolute Gasteiger partial charge is 0.253 e. The normalized spacial score (nSPS) is 13.3. The van der Waals surface area contributed by atoms with Crippen LogP contribution in [-0.4, -0.2) is 44.3 Å². The second kappa shape index (κ2) is 10.00. The molecule has 0 unspecified atom stereocenters. The maximum atomic E-state index is 13.2. The van der Waals surface area contributed by atoms with Gasteiger partial charge in [-0.15, -0.1) is 0 Å². The van der Waals surface area contributed by atoms with Crippen molar-refractivity contribution >= 4 is 17.7 Å². The van der Waals surface area contributed by atoms with Crippen LogP contribution in [0.2, 0.25) is 0 Å². The third-order valence-electron chi connectivity index (χ3n) is 6.31. The molecule has 36 heavy (non-hydrogen) atoms. The Bertz CT molecular complexity index is 1380. The quantitative estimate of drug-likeness (QED) is 0.368. The van der Waals surface area contributed by atoms with Crippen molar-refractivity contribution in [2.75, 3.05) is 7.05 Å². The summed E-state index contributed by atoms with van der Waals surface area (Å²) in [6, 6.07) is 26.9. The fourth-order valence-electron chi connectivity index (χ4n) is 4.36. The highest BCUT2D eigenvalue weighted by atomic mass is 16.2. The number of carbonyl (C=O) groups is 3. The number of para-hydroxylation sites is 1. The summed E-state index contributed by atoms with van der Waals surface area (Å²) >= 11 is 0. The zero-order chi connectivity index (χ0) is 25.1. The Kier molecular flexibility index (Phi) is 6.45. The molecule has 1 aromatic heterocycles. The molecular formula is C29H26N4O3. The average molecular weight is 479 g/mol. The minimum absolute atomic E-state index is 0.124. The molecule has 0 spiro atoms. The van der Waals surface area contributed by atoms with Gasteiger partial charge < -0.3 is 4.90 Å². The monoisotopic (exact) mass is 478 g/mol. The van der Waals surface area contributed by atoms with Crippen LogP contribution >= 0.6 is 0 Å². The van der Waals surface area contributed by atoms with E-state index in [0.717, 1.165) is 28.1 Å². The van der Waals surface area contributed by atoms with Crippen LogP contribution in [0.15, 0.2) is 91.1 Å². The number of hydrogen-bond donors (Lipinski definition) is 0. The molecule has 7 nitrogen and oxygen atoms in total. The third-order valence-corrected chi connectivity index (χ3v) is 6.31. The van der Waals surface area contributed by atoms with E-state index in [1.807, 2.05) is 71.5 Å². The van der Waals surface area contributed by atoms with Crippen LogP contribution in [0.4, 0.5) is 0 Å². The molecule has 7 heteroatoms. The van der Waals surface area contributed by atoms with Crippen molar-refractivity contribution in [3.05, 3.63) is 108 Å². The zero-order valence-corrected chi connectivity index (χ0v) is 20.0. The fourth-order valence-corrected chi connectivity index (χ4v) is 4.36. The SMILES string of the molecule is CN(Cc1cn(-c2ccccc2)nc1-c1ccccc1)C(=O)c1ccc(CN2C(=O)CCC2=O)cc1. The molecule has 5 rings (SSSR count). The molecule has 0 atom stereocenters. The van der Waals surface area contributed by atoms with Crippen molar-refractivity contribution < 1.29 is 14.4 Å². The predicted molar refractivity (Wildman–Crippen MR) is 136 cm³/mol. The summed E-state index contributed by atoms with van der Waals surface area (Å²) < 4.78 is 1.84. The second-order valence-electron chi connectivity index (χ2n) is 8.88. The Morgan fingerprint density at radius 2 is 1.47 bits per heavy atom. The van der Waals surface area contributed by atoms with E-state index in [4.69, 9.17) is 5.10 Å². The van der Waals surface area contributed by atoms with E-state index >= 15 is 0 Å². The molecule has 1 aliphatic rings. The van der Waals surface area contributed by atoms with Gasteiger partial charge in [0.05, 0.1) is 17.9 Å². The first-order valence-electron chi connectivity index (χ1n) is 11.9. The Balaban J connectivity index is 1.35. The number of rotatable bonds is 7. The zero-order valence-electron chi connectivity index (χ0n) is 20.0. The first kappa shape index (κ1) is 23.2. The first-order valence-corrected chi connectivity index (χ1v) is 11.9. The van der Waals surface area contributed by atoms with E-state index in [2.05, 4.69) is 0 Å². The molecule has 2 heterocycles. The van der Waals surface area contributed by atoms with Gasteiger partial charge in [-0.1, -0.05) is 60.7 Å².